The Morgan fingerprint density at radius 2 is 1.67 bits per heavy atom. The van der Waals surface area contributed by atoms with Crippen LogP contribution >= 0.6 is 11.3 Å². The molecule has 1 aromatic heterocycles. The summed E-state index contributed by atoms with van der Waals surface area (Å²) < 4.78 is 0. The van der Waals surface area contributed by atoms with Crippen LogP contribution in [0.25, 0.3) is 0 Å². The van der Waals surface area contributed by atoms with Gasteiger partial charge in [-0.3, -0.25) is 9.59 Å². The Kier molecular flexibility index (Phi) is 6.44. The molecule has 2 aromatic carbocycles. The molecule has 3 aromatic rings. The number of nitrogens with one attached hydrogen (secondary N) is 2. The van der Waals surface area contributed by atoms with Crippen LogP contribution in [-0.2, 0) is 11.2 Å². The number of amides is 2. The lowest BCUT2D eigenvalue weighted by Crippen LogP contribution is -2.45. The van der Waals surface area contributed by atoms with Crippen LogP contribution in [0.3, 0.4) is 0 Å². The fraction of sp³-hybridized carbons (Fsp3) is 0.250. The minimum atomic E-state index is -0.673. The standard InChI is InChI=1S/C24H25N3O2S/c28-23(25-19-11-4-5-12-21(19)27-14-6-7-15-27)20(17-18-9-2-1-3-10-18)26-24(29)22-13-8-16-30-22/h1-5,8-13,16,20H,6-7,14-15,17H2,(H,25,28)(H,26,29). The summed E-state index contributed by atoms with van der Waals surface area (Å²) >= 11 is 1.36. The van der Waals surface area contributed by atoms with E-state index in [9.17, 15) is 9.59 Å². The number of benzene rings is 2. The fourth-order valence-corrected chi connectivity index (χ4v) is 4.36. The van der Waals surface area contributed by atoms with Crippen LogP contribution in [0.5, 0.6) is 0 Å². The minimum Gasteiger partial charge on any atom is -0.370 e. The first kappa shape index (κ1) is 20.2. The molecular formula is C24H25N3O2S. The lowest BCUT2D eigenvalue weighted by atomic mass is 10.0. The first-order chi connectivity index (χ1) is 14.7. The van der Waals surface area contributed by atoms with Gasteiger partial charge in [0.05, 0.1) is 16.3 Å². The zero-order valence-corrected chi connectivity index (χ0v) is 17.5. The molecule has 2 heterocycles. The quantitative estimate of drug-likeness (QED) is 0.599. The molecule has 0 bridgehead atoms. The second-order valence-electron chi connectivity index (χ2n) is 7.39. The van der Waals surface area contributed by atoms with Crippen LogP contribution < -0.4 is 15.5 Å². The summed E-state index contributed by atoms with van der Waals surface area (Å²) in [6, 6.07) is 20.5. The average Bonchev–Trinajstić information content (AvgIpc) is 3.49. The Morgan fingerprint density at radius 1 is 0.933 bits per heavy atom. The molecule has 1 saturated heterocycles. The maximum Gasteiger partial charge on any atom is 0.262 e. The van der Waals surface area contributed by atoms with Gasteiger partial charge >= 0.3 is 0 Å². The van der Waals surface area contributed by atoms with Crippen LogP contribution in [0.15, 0.2) is 72.1 Å². The number of para-hydroxylation sites is 2. The number of nitrogens with zero attached hydrogens (tertiary/aromatic N) is 1. The number of hydrogen-bond acceptors (Lipinski definition) is 4. The van der Waals surface area contributed by atoms with Crippen LogP contribution in [-0.4, -0.2) is 30.9 Å². The van der Waals surface area contributed by atoms with Gasteiger partial charge in [0.2, 0.25) is 5.91 Å². The molecule has 0 spiro atoms. The second-order valence-corrected chi connectivity index (χ2v) is 8.34. The smallest absolute Gasteiger partial charge is 0.262 e. The third-order valence-electron chi connectivity index (χ3n) is 5.26. The number of carbonyl (C=O) groups is 2. The van der Waals surface area contributed by atoms with E-state index in [0.717, 1.165) is 42.9 Å². The molecule has 30 heavy (non-hydrogen) atoms. The van der Waals surface area contributed by atoms with Crippen molar-refractivity contribution in [2.75, 3.05) is 23.3 Å². The van der Waals surface area contributed by atoms with Gasteiger partial charge in [-0.1, -0.05) is 48.5 Å². The zero-order chi connectivity index (χ0) is 20.8. The highest BCUT2D eigenvalue weighted by Crippen LogP contribution is 2.28. The summed E-state index contributed by atoms with van der Waals surface area (Å²) in [5.41, 5.74) is 2.82. The third-order valence-corrected chi connectivity index (χ3v) is 6.13. The molecule has 6 heteroatoms. The molecule has 0 aliphatic carbocycles. The molecule has 2 N–H and O–H groups in total. The van der Waals surface area contributed by atoms with Crippen LogP contribution in [0.2, 0.25) is 0 Å². The highest BCUT2D eigenvalue weighted by atomic mass is 32.1. The van der Waals surface area contributed by atoms with Gasteiger partial charge in [0.25, 0.3) is 5.91 Å². The summed E-state index contributed by atoms with van der Waals surface area (Å²) in [5.74, 6) is -0.440. The van der Waals surface area contributed by atoms with Crippen molar-refractivity contribution in [1.82, 2.24) is 5.32 Å². The Bertz CT molecular complexity index is 983. The maximum atomic E-state index is 13.2. The van der Waals surface area contributed by atoms with Gasteiger partial charge in [-0.25, -0.2) is 0 Å². The van der Waals surface area contributed by atoms with E-state index in [1.54, 1.807) is 6.07 Å². The third kappa shape index (κ3) is 4.89. The van der Waals surface area contributed by atoms with Crippen molar-refractivity contribution in [2.45, 2.75) is 25.3 Å². The van der Waals surface area contributed by atoms with Crippen molar-refractivity contribution < 1.29 is 9.59 Å². The van der Waals surface area contributed by atoms with Crippen LogP contribution in [0.1, 0.15) is 28.1 Å². The summed E-state index contributed by atoms with van der Waals surface area (Å²) in [5, 5.41) is 7.84. The summed E-state index contributed by atoms with van der Waals surface area (Å²) in [7, 11) is 0. The average molecular weight is 420 g/mol. The molecule has 0 radical (unpaired) electrons. The fourth-order valence-electron chi connectivity index (χ4n) is 3.73. The minimum absolute atomic E-state index is 0.213. The predicted octanol–water partition coefficient (Wildman–Crippen LogP) is 4.33. The highest BCUT2D eigenvalue weighted by Gasteiger charge is 2.24. The Hall–Kier alpha value is -3.12. The van der Waals surface area contributed by atoms with E-state index in [1.165, 1.54) is 11.3 Å². The monoisotopic (exact) mass is 419 g/mol. The normalized spacial score (nSPS) is 14.3. The summed E-state index contributed by atoms with van der Waals surface area (Å²) in [6.07, 6.45) is 2.75. The maximum absolute atomic E-state index is 13.2. The van der Waals surface area contributed by atoms with Gasteiger partial charge in [0.1, 0.15) is 6.04 Å². The van der Waals surface area contributed by atoms with Crippen LogP contribution in [0.4, 0.5) is 11.4 Å². The molecule has 1 unspecified atom stereocenters. The summed E-state index contributed by atoms with van der Waals surface area (Å²) in [6.45, 7) is 1.99. The number of thiophene rings is 1. The molecule has 1 fully saturated rings. The van der Waals surface area contributed by atoms with E-state index in [1.807, 2.05) is 66.0 Å². The van der Waals surface area contributed by atoms with E-state index >= 15 is 0 Å². The van der Waals surface area contributed by atoms with Gasteiger partial charge in [0, 0.05) is 19.5 Å². The van der Waals surface area contributed by atoms with Gasteiger partial charge in [-0.2, -0.15) is 0 Å². The number of rotatable bonds is 7. The number of carbonyl (C=O) groups excluding carboxylic acids is 2. The Morgan fingerprint density at radius 3 is 2.40 bits per heavy atom. The van der Waals surface area contributed by atoms with Crippen molar-refractivity contribution >= 4 is 34.5 Å². The lowest BCUT2D eigenvalue weighted by Gasteiger charge is -2.23. The van der Waals surface area contributed by atoms with Gasteiger partial charge in [0.15, 0.2) is 0 Å². The molecule has 1 aliphatic heterocycles. The van der Waals surface area contributed by atoms with Crippen molar-refractivity contribution in [3.05, 3.63) is 82.6 Å². The molecule has 4 rings (SSSR count). The topological polar surface area (TPSA) is 61.4 Å². The van der Waals surface area contributed by atoms with Gasteiger partial charge < -0.3 is 15.5 Å². The first-order valence-electron chi connectivity index (χ1n) is 10.2. The number of hydrogen-bond donors (Lipinski definition) is 2. The predicted molar refractivity (Wildman–Crippen MR) is 122 cm³/mol. The molecule has 2 amide bonds. The van der Waals surface area contributed by atoms with Gasteiger partial charge in [-0.15, -0.1) is 11.3 Å². The van der Waals surface area contributed by atoms with E-state index in [0.29, 0.717) is 11.3 Å². The van der Waals surface area contributed by atoms with Crippen molar-refractivity contribution in [3.8, 4) is 0 Å². The molecular weight excluding hydrogens is 394 g/mol. The molecule has 5 nitrogen and oxygen atoms in total. The Labute approximate surface area is 180 Å². The van der Waals surface area contributed by atoms with E-state index < -0.39 is 6.04 Å². The van der Waals surface area contributed by atoms with Crippen molar-refractivity contribution in [2.24, 2.45) is 0 Å². The largest absolute Gasteiger partial charge is 0.370 e. The first-order valence-corrected chi connectivity index (χ1v) is 11.1. The van der Waals surface area contributed by atoms with Crippen molar-refractivity contribution in [1.29, 1.82) is 0 Å². The zero-order valence-electron chi connectivity index (χ0n) is 16.7. The van der Waals surface area contributed by atoms with Gasteiger partial charge in [-0.05, 0) is 42.0 Å². The van der Waals surface area contributed by atoms with E-state index in [4.69, 9.17) is 0 Å². The van der Waals surface area contributed by atoms with E-state index in [-0.39, 0.29) is 11.8 Å². The SMILES string of the molecule is O=C(NC(Cc1ccccc1)C(=O)Nc1ccccc1N1CCCC1)c1cccs1. The molecule has 1 aliphatic rings. The molecule has 1 atom stereocenters. The molecule has 154 valence electrons. The number of anilines is 2. The van der Waals surface area contributed by atoms with Crippen LogP contribution in [0, 0.1) is 0 Å². The molecule has 0 saturated carbocycles. The second kappa shape index (κ2) is 9.59. The van der Waals surface area contributed by atoms with Crippen molar-refractivity contribution in [3.63, 3.8) is 0 Å². The Balaban J connectivity index is 1.54. The summed E-state index contributed by atoms with van der Waals surface area (Å²) in [4.78, 5) is 28.8. The lowest BCUT2D eigenvalue weighted by molar-refractivity contribution is -0.118. The van der Waals surface area contributed by atoms with E-state index in [2.05, 4.69) is 15.5 Å². The highest BCUT2D eigenvalue weighted by molar-refractivity contribution is 7.12.